The Hall–Kier alpha value is -5.75. The normalized spacial score (nSPS) is 13.5. The largest absolute Gasteiger partial charge is 0.462 e. The predicted octanol–water partition coefficient (Wildman–Crippen LogP) is 21.4. The molecule has 0 aliphatic heterocycles. The molecule has 1 atom stereocenters. The van der Waals surface area contributed by atoms with Gasteiger partial charge in [0.05, 0.1) is 0 Å². The Labute approximate surface area is 484 Å². The lowest BCUT2D eigenvalue weighted by Gasteiger charge is -2.18. The van der Waals surface area contributed by atoms with Crippen molar-refractivity contribution in [3.05, 3.63) is 194 Å². The molecule has 0 aromatic heterocycles. The summed E-state index contributed by atoms with van der Waals surface area (Å²) in [7, 11) is 0. The maximum atomic E-state index is 12.8. The van der Waals surface area contributed by atoms with Crippen LogP contribution >= 0.6 is 0 Å². The molecule has 0 bridgehead atoms. The number of rotatable bonds is 53. The monoisotopic (exact) mass is 1080 g/mol. The van der Waals surface area contributed by atoms with Gasteiger partial charge in [-0.1, -0.05) is 260 Å². The van der Waals surface area contributed by atoms with Crippen molar-refractivity contribution in [3.8, 4) is 0 Å². The molecular weight excluding hydrogens is 973 g/mol. The van der Waals surface area contributed by atoms with E-state index in [9.17, 15) is 14.4 Å². The van der Waals surface area contributed by atoms with Gasteiger partial charge in [0, 0.05) is 19.3 Å². The van der Waals surface area contributed by atoms with Crippen LogP contribution in [0, 0.1) is 0 Å². The van der Waals surface area contributed by atoms with Gasteiger partial charge in [0.25, 0.3) is 0 Å². The molecule has 0 saturated heterocycles. The molecule has 0 N–H and O–H groups in total. The van der Waals surface area contributed by atoms with Crippen molar-refractivity contribution in [3.63, 3.8) is 0 Å². The average molecular weight is 1080 g/mol. The minimum atomic E-state index is -0.851. The van der Waals surface area contributed by atoms with Gasteiger partial charge >= 0.3 is 17.9 Å². The molecule has 0 aromatic carbocycles. The van der Waals surface area contributed by atoms with Crippen LogP contribution in [0.1, 0.15) is 226 Å². The van der Waals surface area contributed by atoms with Crippen molar-refractivity contribution in [1.82, 2.24) is 0 Å². The zero-order chi connectivity index (χ0) is 57.1. The summed E-state index contributed by atoms with van der Waals surface area (Å²) in [5.74, 6) is -1.10. The summed E-state index contributed by atoms with van der Waals surface area (Å²) in [6, 6.07) is 0. The van der Waals surface area contributed by atoms with Gasteiger partial charge < -0.3 is 14.2 Å². The van der Waals surface area contributed by atoms with Crippen molar-refractivity contribution in [2.24, 2.45) is 0 Å². The maximum absolute atomic E-state index is 12.8. The highest BCUT2D eigenvalue weighted by Crippen LogP contribution is 2.13. The molecule has 0 heterocycles. The van der Waals surface area contributed by atoms with Gasteiger partial charge in [-0.3, -0.25) is 14.4 Å². The molecule has 6 nitrogen and oxygen atoms in total. The fraction of sp³-hybridized carbons (Fsp3) is 0.521. The number of carbonyl (C=O) groups is 3. The van der Waals surface area contributed by atoms with E-state index in [4.69, 9.17) is 14.2 Å². The van der Waals surface area contributed by atoms with E-state index in [0.29, 0.717) is 19.3 Å². The second-order valence-electron chi connectivity index (χ2n) is 19.5. The first-order valence-electron chi connectivity index (χ1n) is 30.9. The summed E-state index contributed by atoms with van der Waals surface area (Å²) in [4.78, 5) is 38.2. The summed E-state index contributed by atoms with van der Waals surface area (Å²) in [5.41, 5.74) is 0. The summed E-state index contributed by atoms with van der Waals surface area (Å²) in [6.07, 6.45) is 98.9. The van der Waals surface area contributed by atoms with Crippen molar-refractivity contribution < 1.29 is 28.6 Å². The highest BCUT2D eigenvalue weighted by Gasteiger charge is 2.19. The lowest BCUT2D eigenvalue weighted by molar-refractivity contribution is -0.166. The molecule has 0 saturated carbocycles. The summed E-state index contributed by atoms with van der Waals surface area (Å²) < 4.78 is 16.7. The smallest absolute Gasteiger partial charge is 0.306 e. The van der Waals surface area contributed by atoms with E-state index < -0.39 is 12.1 Å². The molecule has 0 rings (SSSR count). The van der Waals surface area contributed by atoms with Crippen molar-refractivity contribution in [2.45, 2.75) is 232 Å². The van der Waals surface area contributed by atoms with Gasteiger partial charge in [-0.15, -0.1) is 0 Å². The minimum Gasteiger partial charge on any atom is -0.462 e. The molecule has 6 heteroatoms. The van der Waals surface area contributed by atoms with Crippen LogP contribution in [0.5, 0.6) is 0 Å². The highest BCUT2D eigenvalue weighted by atomic mass is 16.6. The number of hydrogen-bond donors (Lipinski definition) is 0. The Balaban J connectivity index is 4.43. The van der Waals surface area contributed by atoms with E-state index >= 15 is 0 Å². The van der Waals surface area contributed by atoms with Crippen LogP contribution < -0.4 is 0 Å². The van der Waals surface area contributed by atoms with Gasteiger partial charge in [-0.05, 0) is 141 Å². The molecule has 79 heavy (non-hydrogen) atoms. The lowest BCUT2D eigenvalue weighted by Crippen LogP contribution is -2.30. The third-order valence-corrected chi connectivity index (χ3v) is 12.1. The third kappa shape index (κ3) is 63.0. The van der Waals surface area contributed by atoms with Crippen molar-refractivity contribution in [2.75, 3.05) is 13.2 Å². The molecule has 1 unspecified atom stereocenters. The van der Waals surface area contributed by atoms with E-state index in [0.717, 1.165) is 135 Å². The molecule has 0 aromatic rings. The van der Waals surface area contributed by atoms with Gasteiger partial charge in [-0.25, -0.2) is 0 Å². The predicted molar refractivity (Wildman–Crippen MR) is 343 cm³/mol. The molecule has 0 radical (unpaired) electrons. The van der Waals surface area contributed by atoms with Crippen LogP contribution in [0.2, 0.25) is 0 Å². The Morgan fingerprint density at radius 1 is 0.253 bits per heavy atom. The van der Waals surface area contributed by atoms with Crippen LogP contribution in [0.4, 0.5) is 0 Å². The average Bonchev–Trinajstić information content (AvgIpc) is 3.45. The zero-order valence-electron chi connectivity index (χ0n) is 50.0. The molecule has 0 aliphatic carbocycles. The quantitative estimate of drug-likeness (QED) is 0.0261. The lowest BCUT2D eigenvalue weighted by atomic mass is 10.1. The number of carbonyl (C=O) groups excluding carboxylic acids is 3. The third-order valence-electron chi connectivity index (χ3n) is 12.1. The number of unbranched alkanes of at least 4 members (excludes halogenated alkanes) is 10. The van der Waals surface area contributed by atoms with E-state index in [2.05, 4.69) is 203 Å². The number of allylic oxidation sites excluding steroid dienone is 32. The first kappa shape index (κ1) is 73.2. The van der Waals surface area contributed by atoms with E-state index in [1.165, 1.54) is 38.5 Å². The maximum Gasteiger partial charge on any atom is 0.306 e. The summed E-state index contributed by atoms with van der Waals surface area (Å²) in [5, 5.41) is 0. The number of ether oxygens (including phenoxy) is 3. The SMILES string of the molecule is CC/C=C\C/C=C\C/C=C\C/C=C\C/C=C\C/C=C\C/C=C\CCCCCCCCCCCC(=O)OCC(COC(=O)CC/C=C\C/C=C\C/C=C\C/C=C\CC)OC(=O)CCC/C=C\C/C=C\C/C=C\C/C=C\C/C=C\CC. The van der Waals surface area contributed by atoms with Crippen LogP contribution in [0.15, 0.2) is 194 Å². The fourth-order valence-corrected chi connectivity index (χ4v) is 7.59. The van der Waals surface area contributed by atoms with Gasteiger partial charge in [0.1, 0.15) is 13.2 Å². The van der Waals surface area contributed by atoms with Crippen LogP contribution in [-0.2, 0) is 28.6 Å². The Bertz CT molecular complexity index is 1920. The fourth-order valence-electron chi connectivity index (χ4n) is 7.59. The van der Waals surface area contributed by atoms with Gasteiger partial charge in [0.15, 0.2) is 6.10 Å². The molecule has 438 valence electrons. The van der Waals surface area contributed by atoms with E-state index in [1.54, 1.807) is 0 Å². The Morgan fingerprint density at radius 3 is 0.823 bits per heavy atom. The standard InChI is InChI=1S/C73H110O6/c1-4-7-10-13-16-19-22-25-27-29-30-31-32-33-34-35-36-37-38-39-40-41-42-44-45-48-51-54-57-60-63-66-72(75)78-69-70(68-77-71(74)65-62-59-56-53-50-47-24-21-18-15-12-9-6-3)79-73(76)67-64-61-58-55-52-49-46-43-28-26-23-20-17-14-11-8-5-2/h7-12,16-21,25-28,30-31,33-34,36-37,39-40,46-47,49-50,55-56,58-59,70H,4-6,13-15,22-24,29,32,35,38,41-45,48,51-54,57,60-69H2,1-3H3/b10-7-,11-8-,12-9-,19-16-,20-17-,21-18-,27-25-,28-26-,31-30-,34-33-,37-36-,40-39-,49-46-,50-47-,58-55-,59-56-. The molecule has 0 fully saturated rings. The molecule has 0 amide bonds. The highest BCUT2D eigenvalue weighted by molar-refractivity contribution is 5.71. The molecular formula is C73H110O6. The molecule has 0 aliphatic rings. The Morgan fingerprint density at radius 2 is 0.494 bits per heavy atom. The number of esters is 3. The second-order valence-corrected chi connectivity index (χ2v) is 19.5. The van der Waals surface area contributed by atoms with E-state index in [1.807, 2.05) is 12.2 Å². The van der Waals surface area contributed by atoms with E-state index in [-0.39, 0.29) is 38.0 Å². The first-order chi connectivity index (χ1) is 39.0. The van der Waals surface area contributed by atoms with Crippen molar-refractivity contribution in [1.29, 1.82) is 0 Å². The minimum absolute atomic E-state index is 0.136. The van der Waals surface area contributed by atoms with Gasteiger partial charge in [0.2, 0.25) is 0 Å². The summed E-state index contributed by atoms with van der Waals surface area (Å²) >= 11 is 0. The first-order valence-corrected chi connectivity index (χ1v) is 30.9. The topological polar surface area (TPSA) is 78.9 Å². The van der Waals surface area contributed by atoms with Crippen LogP contribution in [-0.4, -0.2) is 37.2 Å². The van der Waals surface area contributed by atoms with Gasteiger partial charge in [-0.2, -0.15) is 0 Å². The zero-order valence-corrected chi connectivity index (χ0v) is 50.0. The summed E-state index contributed by atoms with van der Waals surface area (Å²) in [6.45, 7) is 6.15. The Kier molecular flexibility index (Phi) is 60.1. The van der Waals surface area contributed by atoms with Crippen LogP contribution in [0.25, 0.3) is 0 Å². The second kappa shape index (κ2) is 64.8. The number of hydrogen-bond acceptors (Lipinski definition) is 6. The molecule has 0 spiro atoms. The van der Waals surface area contributed by atoms with Crippen molar-refractivity contribution >= 4 is 17.9 Å². The van der Waals surface area contributed by atoms with Crippen LogP contribution in [0.3, 0.4) is 0 Å².